The Kier molecular flexibility index (Phi) is 7.86. The maximum atomic E-state index is 13.2. The van der Waals surface area contributed by atoms with Gasteiger partial charge in [-0.2, -0.15) is 13.2 Å². The third-order valence-corrected chi connectivity index (χ3v) is 5.54. The highest BCUT2D eigenvalue weighted by Gasteiger charge is 2.31. The number of benzene rings is 2. The van der Waals surface area contributed by atoms with Crippen molar-refractivity contribution in [2.45, 2.75) is 19.3 Å². The number of carbonyl (C=O) groups is 1. The number of carbonyl (C=O) groups excluding carboxylic acids is 1. The molecule has 0 fully saturated rings. The molecule has 1 amide bonds. The number of aromatic nitrogens is 2. The van der Waals surface area contributed by atoms with E-state index in [1.165, 1.54) is 25.3 Å². The van der Waals surface area contributed by atoms with Gasteiger partial charge in [-0.3, -0.25) is 14.2 Å². The number of hydrogen-bond donors (Lipinski definition) is 1. The molecule has 0 radical (unpaired) electrons. The number of nitrogens with one attached hydrogen (secondary N) is 1. The largest absolute Gasteiger partial charge is 0.416 e. The van der Waals surface area contributed by atoms with Crippen LogP contribution in [0.25, 0.3) is 5.69 Å². The van der Waals surface area contributed by atoms with Crippen molar-refractivity contribution in [2.24, 2.45) is 0 Å². The zero-order chi connectivity index (χ0) is 25.0. The number of nitrogens with zero attached hydrogens (tertiary/aromatic N) is 2. The second-order valence-corrected chi connectivity index (χ2v) is 7.95. The minimum atomic E-state index is -4.69. The van der Waals surface area contributed by atoms with Crippen LogP contribution in [0.3, 0.4) is 0 Å². The number of methoxy groups -OCH3 is 1. The molecule has 180 valence electrons. The Morgan fingerprint density at radius 3 is 2.47 bits per heavy atom. The van der Waals surface area contributed by atoms with E-state index >= 15 is 0 Å². The molecule has 7 nitrogen and oxygen atoms in total. The molecule has 12 heteroatoms. The lowest BCUT2D eigenvalue weighted by atomic mass is 10.2. The zero-order valence-corrected chi connectivity index (χ0v) is 19.2. The summed E-state index contributed by atoms with van der Waals surface area (Å²) in [6, 6.07) is 8.42. The Balaban J connectivity index is 2.05. The van der Waals surface area contributed by atoms with Crippen molar-refractivity contribution in [1.29, 1.82) is 0 Å². The molecule has 2 aromatic carbocycles. The molecule has 0 aliphatic rings. The number of halogens is 5. The summed E-state index contributed by atoms with van der Waals surface area (Å²) in [4.78, 5) is 38.8. The zero-order valence-electron chi connectivity index (χ0n) is 17.7. The van der Waals surface area contributed by atoms with Gasteiger partial charge >= 0.3 is 11.9 Å². The third kappa shape index (κ3) is 5.69. The van der Waals surface area contributed by atoms with E-state index in [2.05, 4.69) is 5.32 Å². The Morgan fingerprint density at radius 2 is 1.82 bits per heavy atom. The minimum Gasteiger partial charge on any atom is -0.383 e. The van der Waals surface area contributed by atoms with Crippen molar-refractivity contribution in [3.05, 3.63) is 96.2 Å². The molecule has 0 spiro atoms. The quantitative estimate of drug-likeness (QED) is 0.517. The molecule has 0 aliphatic heterocycles. The molecule has 34 heavy (non-hydrogen) atoms. The third-order valence-electron chi connectivity index (χ3n) is 4.81. The summed E-state index contributed by atoms with van der Waals surface area (Å²) < 4.78 is 46.1. The van der Waals surface area contributed by atoms with Crippen LogP contribution in [0.1, 0.15) is 21.5 Å². The molecule has 1 aromatic heterocycles. The monoisotopic (exact) mass is 515 g/mol. The average molecular weight is 516 g/mol. The number of alkyl halides is 3. The summed E-state index contributed by atoms with van der Waals surface area (Å²) in [7, 11) is 1.39. The predicted octanol–water partition coefficient (Wildman–Crippen LogP) is 3.90. The van der Waals surface area contributed by atoms with Gasteiger partial charge in [-0.15, -0.1) is 0 Å². The highest BCUT2D eigenvalue weighted by atomic mass is 35.5. The molecule has 0 saturated heterocycles. The van der Waals surface area contributed by atoms with Crippen LogP contribution in [-0.4, -0.2) is 28.8 Å². The van der Waals surface area contributed by atoms with Gasteiger partial charge in [-0.1, -0.05) is 35.3 Å². The maximum Gasteiger partial charge on any atom is 0.416 e. The van der Waals surface area contributed by atoms with Gasteiger partial charge in [0.1, 0.15) is 5.56 Å². The van der Waals surface area contributed by atoms with Gasteiger partial charge in [0.25, 0.3) is 11.5 Å². The molecule has 0 unspecified atom stereocenters. The van der Waals surface area contributed by atoms with Crippen molar-refractivity contribution in [3.63, 3.8) is 0 Å². The first-order valence-corrected chi connectivity index (χ1v) is 10.5. The SMILES string of the molecule is COCCn1cc(C(=O)NCc2ccc(Cl)c(Cl)c2)c(=O)n(-c2cccc(C(F)(F)F)c2)c1=O. The van der Waals surface area contributed by atoms with Crippen molar-refractivity contribution >= 4 is 29.1 Å². The fraction of sp³-hybridized carbons (Fsp3) is 0.227. The van der Waals surface area contributed by atoms with E-state index in [4.69, 9.17) is 27.9 Å². The summed E-state index contributed by atoms with van der Waals surface area (Å²) in [5.41, 5.74) is -3.20. The van der Waals surface area contributed by atoms with E-state index in [9.17, 15) is 27.6 Å². The molecule has 0 bridgehead atoms. The lowest BCUT2D eigenvalue weighted by Gasteiger charge is -2.14. The Morgan fingerprint density at radius 1 is 1.09 bits per heavy atom. The van der Waals surface area contributed by atoms with Crippen LogP contribution in [-0.2, 0) is 24.0 Å². The molecule has 1 N–H and O–H groups in total. The minimum absolute atomic E-state index is 0.0179. The van der Waals surface area contributed by atoms with E-state index in [0.717, 1.165) is 22.9 Å². The van der Waals surface area contributed by atoms with Crippen LogP contribution in [0.4, 0.5) is 13.2 Å². The van der Waals surface area contributed by atoms with Crippen molar-refractivity contribution in [1.82, 2.24) is 14.5 Å². The second kappa shape index (κ2) is 10.5. The highest BCUT2D eigenvalue weighted by Crippen LogP contribution is 2.30. The second-order valence-electron chi connectivity index (χ2n) is 7.13. The molecule has 3 aromatic rings. The first-order chi connectivity index (χ1) is 16.0. The van der Waals surface area contributed by atoms with Gasteiger partial charge in [0.2, 0.25) is 0 Å². The van der Waals surface area contributed by atoms with Crippen LogP contribution in [0.2, 0.25) is 10.0 Å². The molecule has 1 heterocycles. The summed E-state index contributed by atoms with van der Waals surface area (Å²) in [6.07, 6.45) is -3.64. The topological polar surface area (TPSA) is 82.3 Å². The van der Waals surface area contributed by atoms with Crippen LogP contribution >= 0.6 is 23.2 Å². The number of amides is 1. The molecule has 0 aliphatic carbocycles. The maximum absolute atomic E-state index is 13.2. The first kappa shape index (κ1) is 25.5. The smallest absolute Gasteiger partial charge is 0.383 e. The summed E-state index contributed by atoms with van der Waals surface area (Å²) in [5, 5.41) is 3.14. The van der Waals surface area contributed by atoms with E-state index in [0.29, 0.717) is 21.2 Å². The lowest BCUT2D eigenvalue weighted by Crippen LogP contribution is -2.43. The van der Waals surface area contributed by atoms with Gasteiger partial charge in [0.15, 0.2) is 0 Å². The van der Waals surface area contributed by atoms with Crippen molar-refractivity contribution in [3.8, 4) is 5.69 Å². The van der Waals surface area contributed by atoms with Crippen LogP contribution in [0.15, 0.2) is 58.3 Å². The van der Waals surface area contributed by atoms with Crippen LogP contribution < -0.4 is 16.6 Å². The standard InChI is InChI=1S/C22H18Cl2F3N3O4/c1-34-8-7-29-12-16(19(31)28-11-13-5-6-17(23)18(24)9-13)20(32)30(21(29)33)15-4-2-3-14(10-15)22(25,26)27/h2-6,9-10,12H,7-8,11H2,1H3,(H,28,31). The Labute approximate surface area is 201 Å². The van der Waals surface area contributed by atoms with E-state index in [1.807, 2.05) is 0 Å². The van der Waals surface area contributed by atoms with Crippen molar-refractivity contribution in [2.75, 3.05) is 13.7 Å². The van der Waals surface area contributed by atoms with Crippen molar-refractivity contribution < 1.29 is 22.7 Å². The van der Waals surface area contributed by atoms with E-state index in [1.54, 1.807) is 6.07 Å². The molecule has 3 rings (SSSR count). The fourth-order valence-corrected chi connectivity index (χ4v) is 3.40. The first-order valence-electron chi connectivity index (χ1n) is 9.78. The molecule has 0 atom stereocenters. The molecule has 0 saturated carbocycles. The number of hydrogen-bond acceptors (Lipinski definition) is 4. The van der Waals surface area contributed by atoms with Crippen LogP contribution in [0, 0.1) is 0 Å². The van der Waals surface area contributed by atoms with Gasteiger partial charge < -0.3 is 10.1 Å². The number of ether oxygens (including phenoxy) is 1. The fourth-order valence-electron chi connectivity index (χ4n) is 3.08. The van der Waals surface area contributed by atoms with Gasteiger partial charge in [0, 0.05) is 19.9 Å². The van der Waals surface area contributed by atoms with Crippen LogP contribution in [0.5, 0.6) is 0 Å². The Hall–Kier alpha value is -3.08. The Bertz CT molecular complexity index is 1340. The van der Waals surface area contributed by atoms with Gasteiger partial charge in [0.05, 0.1) is 34.4 Å². The summed E-state index contributed by atoms with van der Waals surface area (Å²) in [6.45, 7) is 0.00258. The molecular weight excluding hydrogens is 498 g/mol. The van der Waals surface area contributed by atoms with E-state index < -0.39 is 34.5 Å². The molecular formula is C22H18Cl2F3N3O4. The summed E-state index contributed by atoms with van der Waals surface area (Å²) in [5.74, 6) is -0.831. The normalized spacial score (nSPS) is 11.5. The number of rotatable bonds is 7. The average Bonchev–Trinajstić information content (AvgIpc) is 2.79. The summed E-state index contributed by atoms with van der Waals surface area (Å²) >= 11 is 11.8. The van der Waals surface area contributed by atoms with Gasteiger partial charge in [-0.05, 0) is 35.9 Å². The predicted molar refractivity (Wildman–Crippen MR) is 121 cm³/mol. The highest BCUT2D eigenvalue weighted by molar-refractivity contribution is 6.42. The van der Waals surface area contributed by atoms with Gasteiger partial charge in [-0.25, -0.2) is 9.36 Å². The van der Waals surface area contributed by atoms with E-state index in [-0.39, 0.29) is 30.4 Å². The lowest BCUT2D eigenvalue weighted by molar-refractivity contribution is -0.137.